The molecule has 1 saturated heterocycles. The van der Waals surface area contributed by atoms with Crippen molar-refractivity contribution in [3.05, 3.63) is 11.5 Å². The summed E-state index contributed by atoms with van der Waals surface area (Å²) in [4.78, 5) is 7.22. The number of aromatic nitrogens is 4. The summed E-state index contributed by atoms with van der Waals surface area (Å²) in [6.45, 7) is 7.53. The molecule has 0 saturated carbocycles. The molecule has 0 aromatic carbocycles. The smallest absolute Gasteiger partial charge is 0.158 e. The van der Waals surface area contributed by atoms with Crippen LogP contribution >= 0.6 is 11.6 Å². The van der Waals surface area contributed by atoms with Crippen molar-refractivity contribution < 1.29 is 0 Å². The fourth-order valence-corrected chi connectivity index (χ4v) is 3.61. The molecule has 0 bridgehead atoms. The van der Waals surface area contributed by atoms with Gasteiger partial charge in [-0.2, -0.15) is 5.10 Å². The van der Waals surface area contributed by atoms with E-state index in [4.69, 9.17) is 11.6 Å². The first-order valence-electron chi connectivity index (χ1n) is 7.34. The maximum absolute atomic E-state index is 6.09. The van der Waals surface area contributed by atoms with E-state index in [-0.39, 0.29) is 0 Å². The lowest BCUT2D eigenvalue weighted by Crippen LogP contribution is -2.33. The Morgan fingerprint density at radius 3 is 2.90 bits per heavy atom. The number of aryl methyl sites for hydroxylation is 2. The van der Waals surface area contributed by atoms with Crippen LogP contribution in [0, 0.1) is 6.92 Å². The molecule has 0 amide bonds. The summed E-state index contributed by atoms with van der Waals surface area (Å²) in [7, 11) is 1.98. The summed E-state index contributed by atoms with van der Waals surface area (Å²) >= 11 is 6.09. The van der Waals surface area contributed by atoms with Gasteiger partial charge in [-0.15, -0.1) is 11.6 Å². The summed E-state index contributed by atoms with van der Waals surface area (Å²) in [5.74, 6) is 1.41. The van der Waals surface area contributed by atoms with Crippen LogP contribution in [0.3, 0.4) is 0 Å². The zero-order chi connectivity index (χ0) is 14.3. The third kappa shape index (κ3) is 2.13. The molecule has 5 nitrogen and oxygen atoms in total. The number of hydrogen-bond donors (Lipinski definition) is 0. The maximum atomic E-state index is 6.09. The number of likely N-dealkylation sites (N-methyl/N-ethyl adjacent to an activating group) is 1. The van der Waals surface area contributed by atoms with Crippen molar-refractivity contribution in [2.75, 3.05) is 13.1 Å². The molecule has 20 heavy (non-hydrogen) atoms. The van der Waals surface area contributed by atoms with Crippen molar-refractivity contribution in [3.63, 3.8) is 0 Å². The molecule has 1 fully saturated rings. The summed E-state index contributed by atoms with van der Waals surface area (Å²) < 4.78 is 4.19. The quantitative estimate of drug-likeness (QED) is 0.813. The molecule has 2 aromatic heterocycles. The van der Waals surface area contributed by atoms with Crippen LogP contribution in [-0.2, 0) is 19.5 Å². The predicted octanol–water partition coefficient (Wildman–Crippen LogP) is 2.30. The van der Waals surface area contributed by atoms with Crippen LogP contribution in [0.4, 0.5) is 0 Å². The van der Waals surface area contributed by atoms with Gasteiger partial charge in [0.1, 0.15) is 11.3 Å². The normalized spacial score (nSPS) is 20.3. The SMILES string of the molecule is CCN1CCCC1Cn1c(CCl)nc2c(C)nn(C)c21. The molecule has 1 aliphatic rings. The minimum atomic E-state index is 0.451. The van der Waals surface area contributed by atoms with Gasteiger partial charge in [-0.1, -0.05) is 6.92 Å². The molecule has 3 rings (SSSR count). The van der Waals surface area contributed by atoms with E-state index in [1.54, 1.807) is 0 Å². The van der Waals surface area contributed by atoms with E-state index in [1.165, 1.54) is 19.4 Å². The van der Waals surface area contributed by atoms with Crippen LogP contribution in [0.1, 0.15) is 31.3 Å². The summed E-state index contributed by atoms with van der Waals surface area (Å²) in [5.41, 5.74) is 3.07. The highest BCUT2D eigenvalue weighted by atomic mass is 35.5. The molecule has 3 heterocycles. The first-order valence-corrected chi connectivity index (χ1v) is 7.87. The van der Waals surface area contributed by atoms with E-state index in [1.807, 2.05) is 18.7 Å². The van der Waals surface area contributed by atoms with E-state index in [0.717, 1.165) is 35.8 Å². The summed E-state index contributed by atoms with van der Waals surface area (Å²) in [6.07, 6.45) is 2.54. The van der Waals surface area contributed by atoms with Crippen LogP contribution in [0.2, 0.25) is 0 Å². The first kappa shape index (κ1) is 13.9. The molecule has 110 valence electrons. The van der Waals surface area contributed by atoms with E-state index in [2.05, 4.69) is 26.5 Å². The van der Waals surface area contributed by atoms with Gasteiger partial charge in [0.25, 0.3) is 0 Å². The van der Waals surface area contributed by atoms with Crippen molar-refractivity contribution in [1.29, 1.82) is 0 Å². The molecule has 0 aliphatic carbocycles. The van der Waals surface area contributed by atoms with Crippen LogP contribution in [0.5, 0.6) is 0 Å². The minimum Gasteiger partial charge on any atom is -0.310 e. The summed E-state index contributed by atoms with van der Waals surface area (Å²) in [5, 5.41) is 4.48. The van der Waals surface area contributed by atoms with Crippen LogP contribution in [-0.4, -0.2) is 43.4 Å². The molecule has 6 heteroatoms. The zero-order valence-electron chi connectivity index (χ0n) is 12.4. The van der Waals surface area contributed by atoms with Crippen LogP contribution in [0.15, 0.2) is 0 Å². The van der Waals surface area contributed by atoms with Gasteiger partial charge in [-0.3, -0.25) is 9.58 Å². The molecular formula is C14H22ClN5. The molecule has 2 aromatic rings. The largest absolute Gasteiger partial charge is 0.310 e. The Bertz CT molecular complexity index is 615. The average molecular weight is 296 g/mol. The Kier molecular flexibility index (Phi) is 3.73. The standard InChI is InChI=1S/C14H22ClN5/c1-4-19-7-5-6-11(19)9-20-12(8-15)16-13-10(2)17-18(3)14(13)20/h11H,4-9H2,1-3H3. The van der Waals surface area contributed by atoms with E-state index >= 15 is 0 Å². The Labute approximate surface area is 124 Å². The zero-order valence-corrected chi connectivity index (χ0v) is 13.2. The molecule has 0 N–H and O–H groups in total. The fraction of sp³-hybridized carbons (Fsp3) is 0.714. The number of imidazole rings is 1. The second kappa shape index (κ2) is 5.37. The van der Waals surface area contributed by atoms with Gasteiger partial charge in [0.15, 0.2) is 5.65 Å². The lowest BCUT2D eigenvalue weighted by atomic mass is 10.2. The van der Waals surface area contributed by atoms with Gasteiger partial charge in [0.05, 0.1) is 11.6 Å². The molecule has 0 radical (unpaired) electrons. The highest BCUT2D eigenvalue weighted by Gasteiger charge is 2.26. The van der Waals surface area contributed by atoms with Crippen molar-refractivity contribution in [2.24, 2.45) is 7.05 Å². The number of fused-ring (bicyclic) bond motifs is 1. The monoisotopic (exact) mass is 295 g/mol. The average Bonchev–Trinajstić information content (AvgIpc) is 3.08. The van der Waals surface area contributed by atoms with Gasteiger partial charge in [0.2, 0.25) is 0 Å². The summed E-state index contributed by atoms with van der Waals surface area (Å²) in [6, 6.07) is 0.592. The maximum Gasteiger partial charge on any atom is 0.158 e. The minimum absolute atomic E-state index is 0.451. The van der Waals surface area contributed by atoms with Crippen LogP contribution < -0.4 is 0 Å². The Morgan fingerprint density at radius 1 is 1.40 bits per heavy atom. The fourth-order valence-electron chi connectivity index (χ4n) is 3.40. The predicted molar refractivity (Wildman–Crippen MR) is 81.1 cm³/mol. The van der Waals surface area contributed by atoms with Gasteiger partial charge in [0, 0.05) is 19.6 Å². The Hall–Kier alpha value is -1.07. The highest BCUT2D eigenvalue weighted by molar-refractivity contribution is 6.16. The van der Waals surface area contributed by atoms with Gasteiger partial charge >= 0.3 is 0 Å². The Morgan fingerprint density at radius 2 is 2.20 bits per heavy atom. The molecule has 1 unspecified atom stereocenters. The number of halogens is 1. The molecule has 1 atom stereocenters. The highest BCUT2D eigenvalue weighted by Crippen LogP contribution is 2.24. The second-order valence-corrected chi connectivity index (χ2v) is 5.85. The van der Waals surface area contributed by atoms with E-state index in [0.29, 0.717) is 11.9 Å². The molecular weight excluding hydrogens is 274 g/mol. The number of rotatable bonds is 4. The third-order valence-corrected chi connectivity index (χ3v) is 4.63. The number of alkyl halides is 1. The lowest BCUT2D eigenvalue weighted by Gasteiger charge is -2.24. The molecule has 0 spiro atoms. The van der Waals surface area contributed by atoms with Crippen molar-refractivity contribution in [3.8, 4) is 0 Å². The van der Waals surface area contributed by atoms with E-state index in [9.17, 15) is 0 Å². The van der Waals surface area contributed by atoms with Crippen molar-refractivity contribution >= 4 is 22.8 Å². The van der Waals surface area contributed by atoms with Gasteiger partial charge in [-0.25, -0.2) is 4.98 Å². The van der Waals surface area contributed by atoms with E-state index < -0.39 is 0 Å². The Balaban J connectivity index is 2.01. The second-order valence-electron chi connectivity index (χ2n) is 5.58. The van der Waals surface area contributed by atoms with Crippen molar-refractivity contribution in [1.82, 2.24) is 24.2 Å². The van der Waals surface area contributed by atoms with Gasteiger partial charge < -0.3 is 4.57 Å². The first-order chi connectivity index (χ1) is 9.65. The van der Waals surface area contributed by atoms with Crippen LogP contribution in [0.25, 0.3) is 11.2 Å². The lowest BCUT2D eigenvalue weighted by molar-refractivity contribution is 0.244. The topological polar surface area (TPSA) is 38.9 Å². The number of nitrogens with zero attached hydrogens (tertiary/aromatic N) is 5. The number of likely N-dealkylation sites (tertiary alicyclic amines) is 1. The third-order valence-electron chi connectivity index (χ3n) is 4.39. The number of hydrogen-bond acceptors (Lipinski definition) is 3. The van der Waals surface area contributed by atoms with Crippen molar-refractivity contribution in [2.45, 2.75) is 45.2 Å². The van der Waals surface area contributed by atoms with Gasteiger partial charge in [-0.05, 0) is 32.9 Å². The molecule has 1 aliphatic heterocycles.